The summed E-state index contributed by atoms with van der Waals surface area (Å²) in [5.74, 6) is -1.77. The van der Waals surface area contributed by atoms with E-state index >= 15 is 0 Å². The molecule has 0 fully saturated rings. The third-order valence-corrected chi connectivity index (χ3v) is 4.87. The predicted octanol–water partition coefficient (Wildman–Crippen LogP) is 4.65. The van der Waals surface area contributed by atoms with Gasteiger partial charge in [0.1, 0.15) is 6.04 Å². The van der Waals surface area contributed by atoms with E-state index in [2.05, 4.69) is 16.0 Å². The highest BCUT2D eigenvalue weighted by Gasteiger charge is 2.20. The highest BCUT2D eigenvalue weighted by atomic mass is 35.5. The van der Waals surface area contributed by atoms with Crippen molar-refractivity contribution < 1.29 is 19.5 Å². The summed E-state index contributed by atoms with van der Waals surface area (Å²) in [6.07, 6.45) is 0. The topological polar surface area (TPSA) is 108 Å². The van der Waals surface area contributed by atoms with Crippen LogP contribution >= 0.6 is 11.6 Å². The highest BCUT2D eigenvalue weighted by Crippen LogP contribution is 2.27. The summed E-state index contributed by atoms with van der Waals surface area (Å²) >= 11 is 6.16. The van der Waals surface area contributed by atoms with E-state index in [4.69, 9.17) is 16.7 Å². The number of hydrogen-bond donors (Lipinski definition) is 4. The Morgan fingerprint density at radius 3 is 2.27 bits per heavy atom. The Bertz CT molecular complexity index is 1130. The molecule has 3 amide bonds. The minimum absolute atomic E-state index is 0.146. The smallest absolute Gasteiger partial charge is 0.325 e. The minimum atomic E-state index is -1.16. The Morgan fingerprint density at radius 1 is 0.967 bits per heavy atom. The standard InChI is InChI=1S/C22H20ClN3O4/c1-12-6-5-9-17(23)19(12)26-22(30)25-18-11-15-8-4-3-7-14(15)10-16(18)20(27)24-13(2)21(28)29/h3-11,13H,1-2H3,(H,24,27)(H,28,29)(H2,25,26,30)/t13-/m0/s1. The van der Waals surface area contributed by atoms with Crippen LogP contribution < -0.4 is 16.0 Å². The highest BCUT2D eigenvalue weighted by molar-refractivity contribution is 6.34. The molecule has 0 saturated heterocycles. The first kappa shape index (κ1) is 21.1. The fourth-order valence-electron chi connectivity index (χ4n) is 2.93. The number of aliphatic carboxylic acids is 1. The monoisotopic (exact) mass is 425 g/mol. The molecule has 0 saturated carbocycles. The van der Waals surface area contributed by atoms with E-state index in [1.54, 1.807) is 24.3 Å². The van der Waals surface area contributed by atoms with E-state index in [0.717, 1.165) is 16.3 Å². The van der Waals surface area contributed by atoms with Gasteiger partial charge in [0.25, 0.3) is 5.91 Å². The molecule has 4 N–H and O–H groups in total. The van der Waals surface area contributed by atoms with Gasteiger partial charge >= 0.3 is 12.0 Å². The van der Waals surface area contributed by atoms with Gasteiger partial charge in [0.05, 0.1) is 22.0 Å². The quantitative estimate of drug-likeness (QED) is 0.477. The van der Waals surface area contributed by atoms with Crippen LogP contribution in [0.25, 0.3) is 10.8 Å². The number of carboxylic acids is 1. The van der Waals surface area contributed by atoms with E-state index < -0.39 is 23.9 Å². The van der Waals surface area contributed by atoms with E-state index in [9.17, 15) is 14.4 Å². The van der Waals surface area contributed by atoms with Crippen molar-refractivity contribution >= 4 is 51.7 Å². The molecule has 0 aromatic heterocycles. The van der Waals surface area contributed by atoms with Crippen LogP contribution in [0.1, 0.15) is 22.8 Å². The molecule has 7 nitrogen and oxygen atoms in total. The summed E-state index contributed by atoms with van der Waals surface area (Å²) in [7, 11) is 0. The van der Waals surface area contributed by atoms with Crippen LogP contribution in [-0.2, 0) is 4.79 Å². The SMILES string of the molecule is Cc1cccc(Cl)c1NC(=O)Nc1cc2ccccc2cc1C(=O)N[C@@H](C)C(=O)O. The lowest BCUT2D eigenvalue weighted by atomic mass is 10.0. The lowest BCUT2D eigenvalue weighted by Gasteiger charge is -2.16. The maximum Gasteiger partial charge on any atom is 0.325 e. The van der Waals surface area contributed by atoms with Crippen LogP contribution in [0.5, 0.6) is 0 Å². The number of carbonyl (C=O) groups excluding carboxylic acids is 2. The summed E-state index contributed by atoms with van der Waals surface area (Å²) in [4.78, 5) is 36.4. The number of amides is 3. The number of halogens is 1. The molecule has 8 heteroatoms. The molecule has 3 rings (SSSR count). The van der Waals surface area contributed by atoms with Crippen LogP contribution in [0.15, 0.2) is 54.6 Å². The molecular weight excluding hydrogens is 406 g/mol. The Kier molecular flexibility index (Phi) is 6.23. The number of urea groups is 1. The lowest BCUT2D eigenvalue weighted by Crippen LogP contribution is -2.38. The van der Waals surface area contributed by atoms with Gasteiger partial charge in [0.2, 0.25) is 0 Å². The maximum atomic E-state index is 12.7. The van der Waals surface area contributed by atoms with Crippen LogP contribution in [-0.4, -0.2) is 29.1 Å². The lowest BCUT2D eigenvalue weighted by molar-refractivity contribution is -0.138. The number of benzene rings is 3. The number of para-hydroxylation sites is 1. The van der Waals surface area contributed by atoms with Crippen molar-refractivity contribution in [2.24, 2.45) is 0 Å². The van der Waals surface area contributed by atoms with Crippen LogP contribution in [0.2, 0.25) is 5.02 Å². The Balaban J connectivity index is 1.94. The predicted molar refractivity (Wildman–Crippen MR) is 117 cm³/mol. The largest absolute Gasteiger partial charge is 0.480 e. The molecule has 30 heavy (non-hydrogen) atoms. The number of aryl methyl sites for hydroxylation is 1. The van der Waals surface area contributed by atoms with Crippen molar-refractivity contribution in [2.45, 2.75) is 19.9 Å². The molecule has 3 aromatic carbocycles. The molecule has 0 unspecified atom stereocenters. The maximum absolute atomic E-state index is 12.7. The molecule has 0 aliphatic rings. The van der Waals surface area contributed by atoms with Gasteiger partial charge in [-0.1, -0.05) is 48.0 Å². The summed E-state index contributed by atoms with van der Waals surface area (Å²) in [5, 5.41) is 18.8. The molecule has 0 spiro atoms. The number of carbonyl (C=O) groups is 3. The van der Waals surface area contributed by atoms with Gasteiger partial charge in [0.15, 0.2) is 0 Å². The molecular formula is C22H20ClN3O4. The summed E-state index contributed by atoms with van der Waals surface area (Å²) in [6.45, 7) is 3.17. The minimum Gasteiger partial charge on any atom is -0.480 e. The van der Waals surface area contributed by atoms with Gasteiger partial charge in [-0.05, 0) is 48.4 Å². The third-order valence-electron chi connectivity index (χ3n) is 4.56. The molecule has 0 aliphatic carbocycles. The van der Waals surface area contributed by atoms with E-state index in [0.29, 0.717) is 10.7 Å². The number of nitrogens with one attached hydrogen (secondary N) is 3. The fraction of sp³-hybridized carbons (Fsp3) is 0.136. The zero-order valence-corrected chi connectivity index (χ0v) is 17.1. The van der Waals surface area contributed by atoms with Gasteiger partial charge in [-0.2, -0.15) is 0 Å². The van der Waals surface area contributed by atoms with E-state index in [-0.39, 0.29) is 11.3 Å². The molecule has 0 radical (unpaired) electrons. The van der Waals surface area contributed by atoms with Crippen molar-refractivity contribution in [1.29, 1.82) is 0 Å². The fourth-order valence-corrected chi connectivity index (χ4v) is 3.19. The first-order valence-corrected chi connectivity index (χ1v) is 9.53. The number of anilines is 2. The number of rotatable bonds is 5. The second kappa shape index (κ2) is 8.84. The second-order valence-corrected chi connectivity index (χ2v) is 7.20. The van der Waals surface area contributed by atoms with Crippen molar-refractivity contribution in [1.82, 2.24) is 5.32 Å². The Labute approximate surface area is 178 Å². The van der Waals surface area contributed by atoms with Gasteiger partial charge in [-0.15, -0.1) is 0 Å². The zero-order valence-electron chi connectivity index (χ0n) is 16.3. The normalized spacial score (nSPS) is 11.6. The molecule has 3 aromatic rings. The van der Waals surface area contributed by atoms with Crippen LogP contribution in [0.3, 0.4) is 0 Å². The van der Waals surface area contributed by atoms with Gasteiger partial charge < -0.3 is 21.1 Å². The third kappa shape index (κ3) is 4.69. The zero-order chi connectivity index (χ0) is 21.8. The first-order chi connectivity index (χ1) is 14.3. The van der Waals surface area contributed by atoms with E-state index in [1.807, 2.05) is 37.3 Å². The molecule has 0 bridgehead atoms. The molecule has 1 atom stereocenters. The van der Waals surface area contributed by atoms with Gasteiger partial charge in [-0.3, -0.25) is 9.59 Å². The van der Waals surface area contributed by atoms with Crippen molar-refractivity contribution in [3.05, 3.63) is 70.7 Å². The second-order valence-electron chi connectivity index (χ2n) is 6.79. The number of hydrogen-bond acceptors (Lipinski definition) is 3. The summed E-state index contributed by atoms with van der Waals surface area (Å²) < 4.78 is 0. The Morgan fingerprint density at radius 2 is 1.63 bits per heavy atom. The Hall–Kier alpha value is -3.58. The average Bonchev–Trinajstić information content (AvgIpc) is 2.70. The number of fused-ring (bicyclic) bond motifs is 1. The van der Waals surface area contributed by atoms with Crippen molar-refractivity contribution in [3.8, 4) is 0 Å². The van der Waals surface area contributed by atoms with Gasteiger partial charge in [0, 0.05) is 0 Å². The summed E-state index contributed by atoms with van der Waals surface area (Å²) in [6, 6.07) is 14.2. The van der Waals surface area contributed by atoms with Crippen LogP contribution in [0, 0.1) is 6.92 Å². The average molecular weight is 426 g/mol. The van der Waals surface area contributed by atoms with Gasteiger partial charge in [-0.25, -0.2) is 4.79 Å². The van der Waals surface area contributed by atoms with Crippen molar-refractivity contribution in [3.63, 3.8) is 0 Å². The summed E-state index contributed by atoms with van der Waals surface area (Å²) in [5.41, 5.74) is 1.63. The molecule has 154 valence electrons. The first-order valence-electron chi connectivity index (χ1n) is 9.16. The number of carboxylic acid groups (broad SMARTS) is 1. The molecule has 0 aliphatic heterocycles. The van der Waals surface area contributed by atoms with E-state index in [1.165, 1.54) is 6.92 Å². The van der Waals surface area contributed by atoms with Crippen molar-refractivity contribution in [2.75, 3.05) is 10.6 Å². The molecule has 0 heterocycles. The van der Waals surface area contributed by atoms with Crippen LogP contribution in [0.4, 0.5) is 16.2 Å².